The molecule has 0 saturated heterocycles. The minimum atomic E-state index is -1.01. The van der Waals surface area contributed by atoms with E-state index in [-0.39, 0.29) is 16.7 Å². The molecular weight excluding hydrogens is 464 g/mol. The van der Waals surface area contributed by atoms with Gasteiger partial charge in [0.2, 0.25) is 0 Å². The maximum absolute atomic E-state index is 12.5. The van der Waals surface area contributed by atoms with Gasteiger partial charge in [-0.3, -0.25) is 9.59 Å². The van der Waals surface area contributed by atoms with Crippen LogP contribution in [0.25, 0.3) is 0 Å². The topological polar surface area (TPSA) is 94.8 Å². The van der Waals surface area contributed by atoms with Crippen molar-refractivity contribution in [3.63, 3.8) is 0 Å². The van der Waals surface area contributed by atoms with Crippen molar-refractivity contribution in [1.29, 1.82) is 0 Å². The molecule has 0 radical (unpaired) electrons. The van der Waals surface area contributed by atoms with Gasteiger partial charge in [-0.25, -0.2) is 0 Å². The number of carboxylic acids is 2. The summed E-state index contributed by atoms with van der Waals surface area (Å²) in [6.45, 7) is 18.3. The first-order valence-electron chi connectivity index (χ1n) is 15.1. The lowest BCUT2D eigenvalue weighted by Crippen LogP contribution is -2.68. The van der Waals surface area contributed by atoms with Gasteiger partial charge in [0.25, 0.3) is 5.97 Å². The van der Waals surface area contributed by atoms with Crippen molar-refractivity contribution < 1.29 is 24.9 Å². The van der Waals surface area contributed by atoms with Gasteiger partial charge in [0.15, 0.2) is 0 Å². The average molecular weight is 519 g/mol. The van der Waals surface area contributed by atoms with Crippen molar-refractivity contribution in [3.8, 4) is 0 Å². The number of aliphatic carboxylic acids is 2. The number of aliphatic hydroxyl groups is 1. The smallest absolute Gasteiger partial charge is 0.312 e. The predicted octanol–water partition coefficient (Wildman–Crippen LogP) is 7.26. The van der Waals surface area contributed by atoms with Gasteiger partial charge in [-0.15, -0.1) is 0 Å². The SMILES string of the molecule is CC(=O)O.CC1C2C3CCC4[C@@]5(C)CC[C@@H](O)[C@](C)(C(=O)O)C5CC[C@@]4(C)[C@]3(C)CC[C@@]2(C)CC[C@H]1C. The van der Waals surface area contributed by atoms with E-state index in [4.69, 9.17) is 9.90 Å². The molecule has 5 aliphatic carbocycles. The Bertz CT molecular complexity index is 913. The number of aliphatic hydroxyl groups excluding tert-OH is 1. The van der Waals surface area contributed by atoms with Crippen LogP contribution in [0.3, 0.4) is 0 Å². The highest BCUT2D eigenvalue weighted by Crippen LogP contribution is 2.77. The zero-order chi connectivity index (χ0) is 27.8. The molecular formula is C32H54O5. The van der Waals surface area contributed by atoms with E-state index in [1.54, 1.807) is 0 Å². The average Bonchev–Trinajstić information content (AvgIpc) is 2.80. The van der Waals surface area contributed by atoms with Crippen LogP contribution in [0.2, 0.25) is 0 Å². The van der Waals surface area contributed by atoms with Gasteiger partial charge in [0, 0.05) is 6.92 Å². The molecule has 5 heteroatoms. The highest BCUT2D eigenvalue weighted by atomic mass is 16.4. The fourth-order valence-electron chi connectivity index (χ4n) is 11.7. The van der Waals surface area contributed by atoms with Crippen LogP contribution in [0.1, 0.15) is 120 Å². The van der Waals surface area contributed by atoms with Gasteiger partial charge in [-0.05, 0) is 128 Å². The molecule has 5 aliphatic rings. The molecule has 0 heterocycles. The van der Waals surface area contributed by atoms with Crippen LogP contribution < -0.4 is 0 Å². The van der Waals surface area contributed by atoms with Crippen molar-refractivity contribution >= 4 is 11.9 Å². The highest BCUT2D eigenvalue weighted by molar-refractivity contribution is 5.76. The summed E-state index contributed by atoms with van der Waals surface area (Å²) in [6.07, 6.45) is 11.1. The molecule has 212 valence electrons. The Kier molecular flexibility index (Phi) is 7.21. The number of rotatable bonds is 1. The van der Waals surface area contributed by atoms with Gasteiger partial charge in [-0.1, -0.05) is 41.5 Å². The van der Waals surface area contributed by atoms with Crippen molar-refractivity contribution in [1.82, 2.24) is 0 Å². The predicted molar refractivity (Wildman–Crippen MR) is 146 cm³/mol. The zero-order valence-electron chi connectivity index (χ0n) is 24.8. The second-order valence-corrected chi connectivity index (χ2v) is 15.4. The van der Waals surface area contributed by atoms with Crippen molar-refractivity contribution in [2.75, 3.05) is 0 Å². The van der Waals surface area contributed by atoms with E-state index >= 15 is 0 Å². The van der Waals surface area contributed by atoms with Crippen LogP contribution in [0.5, 0.6) is 0 Å². The Morgan fingerprint density at radius 3 is 1.95 bits per heavy atom. The standard InChI is InChI=1S/C30H50O3.C2H4O2/c1-18-10-13-26(3)16-17-28(5)20(24(26)19(18)2)8-9-21-27(4)14-12-23(31)30(7,25(32)33)22(27)11-15-29(21,28)6;1-2(3)4/h18-24,31H,8-17H2,1-7H3,(H,32,33);1H3,(H,3,4)/t18-,19?,20?,21?,22?,23-,24?,26-,27-,28-,29-,30-;/m1./s1. The minimum absolute atomic E-state index is 0.0135. The Morgan fingerprint density at radius 2 is 1.35 bits per heavy atom. The van der Waals surface area contributed by atoms with Crippen molar-refractivity contribution in [3.05, 3.63) is 0 Å². The number of hydrogen-bond donors (Lipinski definition) is 3. The molecule has 0 aromatic rings. The molecule has 0 spiro atoms. The number of hydrogen-bond acceptors (Lipinski definition) is 3. The van der Waals surface area contributed by atoms with Crippen LogP contribution >= 0.6 is 0 Å². The maximum Gasteiger partial charge on any atom is 0.312 e. The molecule has 37 heavy (non-hydrogen) atoms. The lowest BCUT2D eigenvalue weighted by Gasteiger charge is -2.73. The number of fused-ring (bicyclic) bond motifs is 7. The van der Waals surface area contributed by atoms with E-state index < -0.39 is 23.5 Å². The maximum atomic E-state index is 12.5. The summed E-state index contributed by atoms with van der Waals surface area (Å²) in [5.41, 5.74) is 0.126. The Morgan fingerprint density at radius 1 is 0.730 bits per heavy atom. The van der Waals surface area contributed by atoms with Crippen LogP contribution in [0.4, 0.5) is 0 Å². The van der Waals surface area contributed by atoms with Crippen LogP contribution in [-0.4, -0.2) is 33.4 Å². The molecule has 5 nitrogen and oxygen atoms in total. The van der Waals surface area contributed by atoms with Crippen LogP contribution in [-0.2, 0) is 9.59 Å². The normalized spacial score (nSPS) is 54.8. The summed E-state index contributed by atoms with van der Waals surface area (Å²) in [6, 6.07) is 0. The molecule has 3 N–H and O–H groups in total. The summed E-state index contributed by atoms with van der Waals surface area (Å²) < 4.78 is 0. The van der Waals surface area contributed by atoms with Gasteiger partial charge in [0.05, 0.1) is 11.5 Å². The number of carboxylic acid groups (broad SMARTS) is 2. The second kappa shape index (κ2) is 9.24. The first-order chi connectivity index (χ1) is 17.0. The first-order valence-corrected chi connectivity index (χ1v) is 15.1. The largest absolute Gasteiger partial charge is 0.481 e. The Balaban J connectivity index is 0.000000747. The lowest BCUT2D eigenvalue weighted by molar-refractivity contribution is -0.258. The first kappa shape index (κ1) is 28.9. The third kappa shape index (κ3) is 3.94. The fourth-order valence-corrected chi connectivity index (χ4v) is 11.7. The van der Waals surface area contributed by atoms with E-state index in [0.717, 1.165) is 49.9 Å². The van der Waals surface area contributed by atoms with E-state index in [9.17, 15) is 15.0 Å². The fraction of sp³-hybridized carbons (Fsp3) is 0.938. The molecule has 12 atom stereocenters. The lowest BCUT2D eigenvalue weighted by atomic mass is 9.31. The molecule has 0 aliphatic heterocycles. The minimum Gasteiger partial charge on any atom is -0.481 e. The highest BCUT2D eigenvalue weighted by Gasteiger charge is 2.71. The van der Waals surface area contributed by atoms with Gasteiger partial charge < -0.3 is 15.3 Å². The summed E-state index contributed by atoms with van der Waals surface area (Å²) in [5, 5.41) is 28.6. The molecule has 0 bridgehead atoms. The van der Waals surface area contributed by atoms with Gasteiger partial charge in [0.1, 0.15) is 0 Å². The Hall–Kier alpha value is -1.10. The third-order valence-electron chi connectivity index (χ3n) is 14.1. The number of carbonyl (C=O) groups is 2. The quantitative estimate of drug-likeness (QED) is 0.339. The van der Waals surface area contributed by atoms with Crippen molar-refractivity contribution in [2.24, 2.45) is 62.6 Å². The van der Waals surface area contributed by atoms with Crippen LogP contribution in [0.15, 0.2) is 0 Å². The molecule has 0 amide bonds. The van der Waals surface area contributed by atoms with Gasteiger partial charge >= 0.3 is 5.97 Å². The summed E-state index contributed by atoms with van der Waals surface area (Å²) in [5.74, 6) is 2.30. The molecule has 0 aromatic heterocycles. The third-order valence-corrected chi connectivity index (χ3v) is 14.1. The summed E-state index contributed by atoms with van der Waals surface area (Å²) in [7, 11) is 0. The van der Waals surface area contributed by atoms with E-state index in [0.29, 0.717) is 23.2 Å². The monoisotopic (exact) mass is 518 g/mol. The molecule has 5 unspecified atom stereocenters. The summed E-state index contributed by atoms with van der Waals surface area (Å²) in [4.78, 5) is 21.5. The van der Waals surface area contributed by atoms with Gasteiger partial charge in [-0.2, -0.15) is 0 Å². The molecule has 5 fully saturated rings. The van der Waals surface area contributed by atoms with E-state index in [1.165, 1.54) is 38.5 Å². The van der Waals surface area contributed by atoms with Crippen LogP contribution in [0, 0.1) is 62.6 Å². The Labute approximate surface area is 225 Å². The molecule has 0 aromatic carbocycles. The second-order valence-electron chi connectivity index (χ2n) is 15.4. The van der Waals surface area contributed by atoms with Crippen molar-refractivity contribution in [2.45, 2.75) is 126 Å². The molecule has 5 saturated carbocycles. The van der Waals surface area contributed by atoms with E-state index in [2.05, 4.69) is 41.5 Å². The molecule has 5 rings (SSSR count). The zero-order valence-corrected chi connectivity index (χ0v) is 24.8. The summed E-state index contributed by atoms with van der Waals surface area (Å²) >= 11 is 0. The van der Waals surface area contributed by atoms with E-state index in [1.807, 2.05) is 6.92 Å².